The third-order valence-electron chi connectivity index (χ3n) is 4.48. The summed E-state index contributed by atoms with van der Waals surface area (Å²) >= 11 is 5.90. The fourth-order valence-electron chi connectivity index (χ4n) is 2.97. The molecule has 0 aromatic heterocycles. The Morgan fingerprint density at radius 3 is 2.38 bits per heavy atom. The molecular formula is C20H24ClN3. The van der Waals surface area contributed by atoms with Gasteiger partial charge in [-0.25, -0.2) is 0 Å². The van der Waals surface area contributed by atoms with Crippen molar-refractivity contribution < 1.29 is 0 Å². The topological polar surface area (TPSA) is 18.8 Å². The maximum atomic E-state index is 5.90. The zero-order valence-corrected chi connectivity index (χ0v) is 15.1. The lowest BCUT2D eigenvalue weighted by Gasteiger charge is -2.33. The number of hydrogen-bond donors (Lipinski definition) is 0. The first-order chi connectivity index (χ1) is 11.6. The lowest BCUT2D eigenvalue weighted by Crippen LogP contribution is -2.43. The average Bonchev–Trinajstić information content (AvgIpc) is 2.58. The van der Waals surface area contributed by atoms with Gasteiger partial charge >= 0.3 is 0 Å². The molecule has 2 aromatic carbocycles. The summed E-state index contributed by atoms with van der Waals surface area (Å²) in [5, 5.41) is 7.49. The highest BCUT2D eigenvalue weighted by molar-refractivity contribution is 6.30. The second-order valence-corrected chi connectivity index (χ2v) is 6.89. The second-order valence-electron chi connectivity index (χ2n) is 6.46. The molecule has 1 aliphatic heterocycles. The van der Waals surface area contributed by atoms with Crippen molar-refractivity contribution in [3.05, 3.63) is 69.7 Å². The molecule has 0 aliphatic carbocycles. The van der Waals surface area contributed by atoms with Crippen molar-refractivity contribution in [1.82, 2.24) is 9.91 Å². The van der Waals surface area contributed by atoms with E-state index in [-0.39, 0.29) is 0 Å². The van der Waals surface area contributed by atoms with Crippen LogP contribution in [0.2, 0.25) is 5.02 Å². The molecule has 2 aromatic rings. The number of nitrogens with zero attached hydrogens (tertiary/aromatic N) is 3. The highest BCUT2D eigenvalue weighted by Crippen LogP contribution is 2.15. The van der Waals surface area contributed by atoms with E-state index >= 15 is 0 Å². The van der Waals surface area contributed by atoms with E-state index in [1.807, 2.05) is 30.5 Å². The van der Waals surface area contributed by atoms with E-state index < -0.39 is 0 Å². The molecule has 1 fully saturated rings. The Morgan fingerprint density at radius 1 is 1.00 bits per heavy atom. The lowest BCUT2D eigenvalue weighted by molar-refractivity contribution is 0.131. The Hall–Kier alpha value is -1.84. The Balaban J connectivity index is 1.51. The number of piperazine rings is 1. The van der Waals surface area contributed by atoms with Crippen LogP contribution in [0.25, 0.3) is 0 Å². The zero-order valence-electron chi connectivity index (χ0n) is 14.4. The van der Waals surface area contributed by atoms with Gasteiger partial charge in [0, 0.05) is 37.7 Å². The third kappa shape index (κ3) is 4.59. The van der Waals surface area contributed by atoms with E-state index in [1.54, 1.807) is 0 Å². The lowest BCUT2D eigenvalue weighted by atomic mass is 10.1. The third-order valence-corrected chi connectivity index (χ3v) is 4.73. The molecule has 0 atom stereocenters. The molecule has 0 radical (unpaired) electrons. The monoisotopic (exact) mass is 341 g/mol. The first-order valence-electron chi connectivity index (χ1n) is 8.43. The molecule has 4 heteroatoms. The van der Waals surface area contributed by atoms with E-state index in [0.29, 0.717) is 0 Å². The van der Waals surface area contributed by atoms with Crippen molar-refractivity contribution in [2.45, 2.75) is 20.4 Å². The highest BCUT2D eigenvalue weighted by atomic mass is 35.5. The van der Waals surface area contributed by atoms with Gasteiger partial charge in [0.1, 0.15) is 0 Å². The van der Waals surface area contributed by atoms with E-state index in [9.17, 15) is 0 Å². The Bertz CT molecular complexity index is 701. The molecule has 0 spiro atoms. The molecule has 0 N–H and O–H groups in total. The highest BCUT2D eigenvalue weighted by Gasteiger charge is 2.16. The van der Waals surface area contributed by atoms with Gasteiger partial charge in [-0.3, -0.25) is 9.91 Å². The Kier molecular flexibility index (Phi) is 5.54. The van der Waals surface area contributed by atoms with Crippen LogP contribution >= 0.6 is 11.6 Å². The van der Waals surface area contributed by atoms with E-state index in [0.717, 1.165) is 43.3 Å². The van der Waals surface area contributed by atoms with Gasteiger partial charge in [-0.05, 0) is 42.7 Å². The molecule has 1 aliphatic rings. The largest absolute Gasteiger partial charge is 0.295 e. The fourth-order valence-corrected chi connectivity index (χ4v) is 3.10. The maximum absolute atomic E-state index is 5.90. The first-order valence-corrected chi connectivity index (χ1v) is 8.81. The van der Waals surface area contributed by atoms with Crippen molar-refractivity contribution in [3.63, 3.8) is 0 Å². The van der Waals surface area contributed by atoms with Crippen molar-refractivity contribution in [3.8, 4) is 0 Å². The van der Waals surface area contributed by atoms with Gasteiger partial charge in [-0.1, -0.05) is 47.5 Å². The van der Waals surface area contributed by atoms with Crippen LogP contribution in [0.4, 0.5) is 0 Å². The molecule has 3 nitrogen and oxygen atoms in total. The standard InChI is InChI=1S/C20H24ClN3/c1-16-3-6-19(17(2)13-16)15-23-9-11-24(12-10-23)22-14-18-4-7-20(21)8-5-18/h3-8,13-14H,9-12,15H2,1-2H3/b22-14+. The molecule has 24 heavy (non-hydrogen) atoms. The smallest absolute Gasteiger partial charge is 0.0542 e. The van der Waals surface area contributed by atoms with Gasteiger partial charge in [0.15, 0.2) is 0 Å². The summed E-state index contributed by atoms with van der Waals surface area (Å²) in [6, 6.07) is 14.5. The Morgan fingerprint density at radius 2 is 1.71 bits per heavy atom. The molecular weight excluding hydrogens is 318 g/mol. The van der Waals surface area contributed by atoms with Crippen LogP contribution in [0.15, 0.2) is 47.6 Å². The SMILES string of the molecule is Cc1ccc(CN2CCN(/N=C/c3ccc(Cl)cc3)CC2)c(C)c1. The molecule has 0 amide bonds. The fraction of sp³-hybridized carbons (Fsp3) is 0.350. The minimum Gasteiger partial charge on any atom is -0.295 e. The van der Waals surface area contributed by atoms with Gasteiger partial charge < -0.3 is 0 Å². The van der Waals surface area contributed by atoms with Gasteiger partial charge in [0.05, 0.1) is 6.21 Å². The van der Waals surface area contributed by atoms with Crippen molar-refractivity contribution in [2.75, 3.05) is 26.2 Å². The van der Waals surface area contributed by atoms with Crippen molar-refractivity contribution >= 4 is 17.8 Å². The number of halogens is 1. The van der Waals surface area contributed by atoms with E-state index in [1.165, 1.54) is 16.7 Å². The van der Waals surface area contributed by atoms with Crippen LogP contribution in [-0.2, 0) is 6.54 Å². The number of benzene rings is 2. The molecule has 0 unspecified atom stereocenters. The molecule has 3 rings (SSSR count). The normalized spacial score (nSPS) is 16.0. The van der Waals surface area contributed by atoms with Gasteiger partial charge in [0.25, 0.3) is 0 Å². The zero-order chi connectivity index (χ0) is 16.9. The maximum Gasteiger partial charge on any atom is 0.0542 e. The van der Waals surface area contributed by atoms with E-state index in [2.05, 4.69) is 47.1 Å². The molecule has 0 bridgehead atoms. The number of hydrogen-bond acceptors (Lipinski definition) is 3. The number of hydrazone groups is 1. The quantitative estimate of drug-likeness (QED) is 0.779. The van der Waals surface area contributed by atoms with Crippen LogP contribution in [0, 0.1) is 13.8 Å². The van der Waals surface area contributed by atoms with Crippen LogP contribution in [-0.4, -0.2) is 42.3 Å². The van der Waals surface area contributed by atoms with Crippen molar-refractivity contribution in [2.24, 2.45) is 5.10 Å². The van der Waals surface area contributed by atoms with Gasteiger partial charge in [-0.15, -0.1) is 0 Å². The predicted molar refractivity (Wildman–Crippen MR) is 102 cm³/mol. The number of rotatable bonds is 4. The minimum absolute atomic E-state index is 0.757. The average molecular weight is 342 g/mol. The first kappa shape index (κ1) is 17.0. The minimum atomic E-state index is 0.757. The van der Waals surface area contributed by atoms with Crippen LogP contribution in [0.3, 0.4) is 0 Å². The molecule has 1 saturated heterocycles. The van der Waals surface area contributed by atoms with Crippen LogP contribution < -0.4 is 0 Å². The summed E-state index contributed by atoms with van der Waals surface area (Å²) < 4.78 is 0. The summed E-state index contributed by atoms with van der Waals surface area (Å²) in [5.74, 6) is 0. The molecule has 1 heterocycles. The molecule has 126 valence electrons. The molecule has 0 saturated carbocycles. The summed E-state index contributed by atoms with van der Waals surface area (Å²) in [6.07, 6.45) is 1.91. The van der Waals surface area contributed by atoms with Crippen LogP contribution in [0.5, 0.6) is 0 Å². The predicted octanol–water partition coefficient (Wildman–Crippen LogP) is 4.11. The van der Waals surface area contributed by atoms with Crippen LogP contribution in [0.1, 0.15) is 22.3 Å². The summed E-state index contributed by atoms with van der Waals surface area (Å²) in [4.78, 5) is 2.51. The Labute approximate surface area is 149 Å². The van der Waals surface area contributed by atoms with Gasteiger partial charge in [-0.2, -0.15) is 5.10 Å². The van der Waals surface area contributed by atoms with E-state index in [4.69, 9.17) is 11.6 Å². The summed E-state index contributed by atoms with van der Waals surface area (Å²) in [6.45, 7) is 9.41. The van der Waals surface area contributed by atoms with Crippen molar-refractivity contribution in [1.29, 1.82) is 0 Å². The van der Waals surface area contributed by atoms with Gasteiger partial charge in [0.2, 0.25) is 0 Å². The summed E-state index contributed by atoms with van der Waals surface area (Å²) in [7, 11) is 0. The second kappa shape index (κ2) is 7.82. The summed E-state index contributed by atoms with van der Waals surface area (Å²) in [5.41, 5.74) is 5.23. The number of aryl methyl sites for hydroxylation is 2.